The van der Waals surface area contributed by atoms with E-state index < -0.39 is 57.3 Å². The number of aromatic hydroxyl groups is 2. The quantitative estimate of drug-likeness (QED) is 0.200. The molecule has 36 heavy (non-hydrogen) atoms. The number of amides is 1. The van der Waals surface area contributed by atoms with Crippen molar-refractivity contribution in [3.63, 3.8) is 0 Å². The number of carbonyl (C=O) groups is 3. The van der Waals surface area contributed by atoms with Crippen molar-refractivity contribution < 1.29 is 44.2 Å². The van der Waals surface area contributed by atoms with E-state index in [1.54, 1.807) is 19.1 Å². The van der Waals surface area contributed by atoms with Gasteiger partial charge in [-0.3, -0.25) is 14.4 Å². The summed E-state index contributed by atoms with van der Waals surface area (Å²) in [7, 11) is 1.13. The maximum absolute atomic E-state index is 13.6. The number of Topliss-reactive ketones (excluding diaryl/α,β-unsaturated/α-hetero) is 2. The molecule has 0 aliphatic heterocycles. The molecule has 0 saturated heterocycles. The summed E-state index contributed by atoms with van der Waals surface area (Å²) in [6.07, 6.45) is -0.282. The van der Waals surface area contributed by atoms with E-state index in [2.05, 4.69) is 10.3 Å². The van der Waals surface area contributed by atoms with Crippen molar-refractivity contribution in [3.05, 3.63) is 52.4 Å². The van der Waals surface area contributed by atoms with Gasteiger partial charge in [0.1, 0.15) is 29.9 Å². The van der Waals surface area contributed by atoms with Crippen LogP contribution in [-0.4, -0.2) is 61.5 Å². The molecule has 0 radical (unpaired) electrons. The number of phenolic OH excluding ortho intramolecular Hbond substituents is 2. The fourth-order valence-corrected chi connectivity index (χ4v) is 4.95. The zero-order valence-electron chi connectivity index (χ0n) is 18.9. The van der Waals surface area contributed by atoms with Crippen LogP contribution in [0.5, 0.6) is 11.5 Å². The summed E-state index contributed by atoms with van der Waals surface area (Å²) in [6, 6.07) is 5.96. The van der Waals surface area contributed by atoms with Gasteiger partial charge in [0, 0.05) is 17.0 Å². The van der Waals surface area contributed by atoms with Gasteiger partial charge in [-0.15, -0.1) is 0 Å². The maximum atomic E-state index is 13.6. The molecule has 0 saturated carbocycles. The summed E-state index contributed by atoms with van der Waals surface area (Å²) in [6.45, 7) is 1.71. The number of benzene rings is 2. The van der Waals surface area contributed by atoms with Crippen LogP contribution in [-0.2, 0) is 20.8 Å². The summed E-state index contributed by atoms with van der Waals surface area (Å²) >= 11 is 0. The molecule has 1 amide bonds. The molecule has 0 spiro atoms. The van der Waals surface area contributed by atoms with Crippen molar-refractivity contribution >= 4 is 34.0 Å². The second kappa shape index (κ2) is 7.65. The lowest BCUT2D eigenvalue weighted by molar-refractivity contribution is -0.134. The highest BCUT2D eigenvalue weighted by Gasteiger charge is 2.62. The third-order valence-electron chi connectivity index (χ3n) is 6.55. The molecule has 184 valence electrons. The topological polar surface area (TPSA) is 206 Å². The van der Waals surface area contributed by atoms with E-state index in [1.807, 2.05) is 0 Å². The molecule has 12 nitrogen and oxygen atoms in total. The normalized spacial score (nSPS) is 22.6. The first-order valence-electron chi connectivity index (χ1n) is 10.6. The molecule has 6 N–H and O–H groups in total. The number of aliphatic hydroxyl groups excluding tert-OH is 1. The van der Waals surface area contributed by atoms with Gasteiger partial charge in [0.2, 0.25) is 11.6 Å². The highest BCUT2D eigenvalue weighted by molar-refractivity contribution is 6.38. The van der Waals surface area contributed by atoms with Gasteiger partial charge in [-0.1, -0.05) is 10.3 Å². The Morgan fingerprint density at radius 2 is 1.94 bits per heavy atom. The number of oxime groups is 1. The number of aryl methyl sites for hydroxylation is 1. The molecule has 5 rings (SSSR count). The van der Waals surface area contributed by atoms with Crippen LogP contribution in [0.2, 0.25) is 0 Å². The number of ketones is 2. The predicted octanol–water partition coefficient (Wildman–Crippen LogP) is 1.18. The number of fused-ring (bicyclic) bond motifs is 3. The van der Waals surface area contributed by atoms with Crippen molar-refractivity contribution in [2.75, 3.05) is 7.11 Å². The van der Waals surface area contributed by atoms with Gasteiger partial charge >= 0.3 is 0 Å². The number of aromatic nitrogens is 1. The van der Waals surface area contributed by atoms with Crippen LogP contribution in [0.4, 0.5) is 0 Å². The Bertz CT molecular complexity index is 1580. The van der Waals surface area contributed by atoms with E-state index in [0.29, 0.717) is 22.4 Å². The summed E-state index contributed by atoms with van der Waals surface area (Å²) < 4.78 is 5.33. The van der Waals surface area contributed by atoms with Gasteiger partial charge < -0.3 is 35.5 Å². The van der Waals surface area contributed by atoms with Gasteiger partial charge in [0.05, 0.1) is 22.6 Å². The Morgan fingerprint density at radius 1 is 1.22 bits per heavy atom. The van der Waals surface area contributed by atoms with Crippen LogP contribution in [0.1, 0.15) is 21.6 Å². The molecule has 0 fully saturated rings. The summed E-state index contributed by atoms with van der Waals surface area (Å²) in [5.41, 5.74) is 1.62. The number of nitrogens with zero attached hydrogens (tertiary/aromatic N) is 2. The summed E-state index contributed by atoms with van der Waals surface area (Å²) in [5, 5.41) is 51.4. The van der Waals surface area contributed by atoms with Crippen LogP contribution >= 0.6 is 0 Å². The number of carbonyl (C=O) groups excluding carboxylic acids is 3. The van der Waals surface area contributed by atoms with E-state index in [4.69, 9.17) is 15.1 Å². The number of aliphatic hydroxyl groups is 2. The van der Waals surface area contributed by atoms with Gasteiger partial charge in [-0.2, -0.15) is 0 Å². The predicted molar refractivity (Wildman–Crippen MR) is 122 cm³/mol. The largest absolute Gasteiger partial charge is 0.507 e. The van der Waals surface area contributed by atoms with E-state index in [1.165, 1.54) is 12.1 Å². The number of rotatable bonds is 3. The molecular weight excluding hydrogens is 474 g/mol. The lowest BCUT2D eigenvalue weighted by Gasteiger charge is -2.41. The van der Waals surface area contributed by atoms with Crippen LogP contribution < -0.4 is 5.73 Å². The molecule has 2 aliphatic rings. The first-order chi connectivity index (χ1) is 17.0. The third kappa shape index (κ3) is 2.88. The summed E-state index contributed by atoms with van der Waals surface area (Å²) in [5.74, 6) is -7.20. The highest BCUT2D eigenvalue weighted by Crippen LogP contribution is 2.49. The average molecular weight is 493 g/mol. The minimum Gasteiger partial charge on any atom is -0.507 e. The Balaban J connectivity index is 1.82. The van der Waals surface area contributed by atoms with Crippen molar-refractivity contribution in [2.24, 2.45) is 16.8 Å². The number of hydrogen-bond donors (Lipinski definition) is 5. The minimum absolute atomic E-state index is 0.127. The fraction of sp³-hybridized carbons (Fsp3) is 0.208. The summed E-state index contributed by atoms with van der Waals surface area (Å²) in [4.78, 5) is 43.5. The van der Waals surface area contributed by atoms with Crippen molar-refractivity contribution in [2.45, 2.75) is 18.9 Å². The van der Waals surface area contributed by atoms with Crippen LogP contribution in [0.25, 0.3) is 22.1 Å². The Hall–Kier alpha value is -4.71. The van der Waals surface area contributed by atoms with E-state index in [-0.39, 0.29) is 23.1 Å². The number of phenols is 2. The van der Waals surface area contributed by atoms with Crippen LogP contribution in [0.3, 0.4) is 0 Å². The van der Waals surface area contributed by atoms with Gasteiger partial charge in [0.15, 0.2) is 17.1 Å². The second-order valence-electron chi connectivity index (χ2n) is 8.57. The van der Waals surface area contributed by atoms with Crippen molar-refractivity contribution in [1.29, 1.82) is 0 Å². The smallest absolute Gasteiger partial charge is 0.256 e. The first kappa shape index (κ1) is 23.1. The molecule has 2 aromatic carbocycles. The Morgan fingerprint density at radius 3 is 2.56 bits per heavy atom. The monoisotopic (exact) mass is 493 g/mol. The van der Waals surface area contributed by atoms with E-state index in [9.17, 15) is 34.8 Å². The Labute approximate surface area is 201 Å². The van der Waals surface area contributed by atoms with Gasteiger partial charge in [-0.05, 0) is 37.1 Å². The molecule has 1 aromatic heterocycles. The lowest BCUT2D eigenvalue weighted by Crippen LogP contribution is -2.62. The van der Waals surface area contributed by atoms with E-state index in [0.717, 1.165) is 7.11 Å². The highest BCUT2D eigenvalue weighted by atomic mass is 16.6. The molecule has 1 unspecified atom stereocenters. The molecule has 0 bridgehead atoms. The zero-order valence-corrected chi connectivity index (χ0v) is 18.9. The number of allylic oxidation sites excluding steroid dienone is 1. The average Bonchev–Trinajstić information content (AvgIpc) is 3.24. The standard InChI is InChI=1S/C24H19N3O9/c1-8-5-14(36-26-8)10-3-4-13(28)16-11(10)6-9-7-12-18(27-35-2)20(30)17(23(25)33)22(32)24(12,34)21(31)15(9)19(16)29/h3-6,12,28-30,34H,7H2,1-2H3,(H2,25,33)/b27-18-/t12?,24-/m0/s1. The molecule has 2 aliphatic carbocycles. The second-order valence-corrected chi connectivity index (χ2v) is 8.57. The van der Waals surface area contributed by atoms with Crippen LogP contribution in [0.15, 0.2) is 45.3 Å². The van der Waals surface area contributed by atoms with Crippen molar-refractivity contribution in [1.82, 2.24) is 5.16 Å². The van der Waals surface area contributed by atoms with Gasteiger partial charge in [-0.25, -0.2) is 0 Å². The zero-order chi connectivity index (χ0) is 26.1. The van der Waals surface area contributed by atoms with E-state index >= 15 is 0 Å². The molecule has 1 heterocycles. The Kier molecular flexibility index (Phi) is 4.90. The fourth-order valence-electron chi connectivity index (χ4n) is 4.95. The maximum Gasteiger partial charge on any atom is 0.256 e. The number of primary amides is 1. The first-order valence-corrected chi connectivity index (χ1v) is 10.6. The number of nitrogens with two attached hydrogens (primary N) is 1. The lowest BCUT2D eigenvalue weighted by atomic mass is 9.62. The minimum atomic E-state index is -2.93. The molecular formula is C24H19N3O9. The van der Waals surface area contributed by atoms with Crippen molar-refractivity contribution in [3.8, 4) is 22.8 Å². The third-order valence-corrected chi connectivity index (χ3v) is 6.55. The molecule has 12 heteroatoms. The SMILES string of the molecule is CO/N=C1\C(O)=C(C(N)=O)C(=O)[C@@]2(O)C(=O)c3c(cc4c(-c5cc(C)no5)ccc(O)c4c3O)CC12. The number of hydrogen-bond acceptors (Lipinski definition) is 11. The molecule has 2 atom stereocenters. The van der Waals surface area contributed by atoms with Gasteiger partial charge in [0.25, 0.3) is 5.91 Å². The molecule has 3 aromatic rings. The van der Waals surface area contributed by atoms with Crippen LogP contribution in [0, 0.1) is 12.8 Å².